The summed E-state index contributed by atoms with van der Waals surface area (Å²) in [6.07, 6.45) is 1.52. The van der Waals surface area contributed by atoms with Crippen LogP contribution in [0.25, 0.3) is 11.2 Å². The summed E-state index contributed by atoms with van der Waals surface area (Å²) in [5.41, 5.74) is 7.98. The number of thiophene rings is 1. The van der Waals surface area contributed by atoms with Crippen molar-refractivity contribution < 1.29 is 9.53 Å². The van der Waals surface area contributed by atoms with E-state index in [1.807, 2.05) is 0 Å². The number of aromatic nitrogens is 3. The number of rotatable bonds is 5. The fourth-order valence-electron chi connectivity index (χ4n) is 2.17. The van der Waals surface area contributed by atoms with Crippen LogP contribution in [-0.2, 0) is 10.5 Å². The van der Waals surface area contributed by atoms with Gasteiger partial charge in [0.05, 0.1) is 22.7 Å². The van der Waals surface area contributed by atoms with Crippen LogP contribution in [0.3, 0.4) is 0 Å². The van der Waals surface area contributed by atoms with Crippen LogP contribution in [-0.4, -0.2) is 27.5 Å². The highest BCUT2D eigenvalue weighted by molar-refractivity contribution is 7.98. The van der Waals surface area contributed by atoms with Crippen molar-refractivity contribution in [2.24, 2.45) is 0 Å². The summed E-state index contributed by atoms with van der Waals surface area (Å²) in [5, 5.41) is 10.8. The van der Waals surface area contributed by atoms with Gasteiger partial charge in [-0.1, -0.05) is 23.4 Å². The Balaban J connectivity index is 1.88. The Morgan fingerprint density at radius 2 is 2.40 bits per heavy atom. The van der Waals surface area contributed by atoms with Gasteiger partial charge in [0.15, 0.2) is 10.8 Å². The van der Waals surface area contributed by atoms with E-state index in [1.54, 1.807) is 13.0 Å². The third-order valence-corrected chi connectivity index (χ3v) is 5.39. The zero-order chi connectivity index (χ0) is 18.0. The van der Waals surface area contributed by atoms with Crippen LogP contribution >= 0.6 is 34.7 Å². The lowest BCUT2D eigenvalue weighted by atomic mass is 10.2. The summed E-state index contributed by atoms with van der Waals surface area (Å²) in [4.78, 5) is 24.0. The van der Waals surface area contributed by atoms with Crippen LogP contribution in [0.4, 0.5) is 5.00 Å². The molecule has 0 atom stereocenters. The number of fused-ring (bicyclic) bond motifs is 1. The molecule has 0 saturated carbocycles. The molecule has 10 heteroatoms. The lowest BCUT2D eigenvalue weighted by molar-refractivity contribution is 0.0531. The van der Waals surface area contributed by atoms with Gasteiger partial charge < -0.3 is 15.5 Å². The molecule has 0 bridgehead atoms. The molecule has 0 aliphatic carbocycles. The Morgan fingerprint density at radius 1 is 1.60 bits per heavy atom. The number of anilines is 1. The van der Waals surface area contributed by atoms with E-state index in [2.05, 4.69) is 21.0 Å². The third-order valence-electron chi connectivity index (χ3n) is 3.24. The van der Waals surface area contributed by atoms with E-state index in [9.17, 15) is 10.1 Å². The topological polar surface area (TPSA) is 118 Å². The van der Waals surface area contributed by atoms with E-state index in [-0.39, 0.29) is 6.61 Å². The van der Waals surface area contributed by atoms with Gasteiger partial charge in [0.2, 0.25) is 0 Å². The van der Waals surface area contributed by atoms with Crippen molar-refractivity contribution in [2.75, 3.05) is 12.3 Å². The number of thioether (sulfide) groups is 1. The highest BCUT2D eigenvalue weighted by atomic mass is 35.5. The fraction of sp³-hybridized carbons (Fsp3) is 0.200. The molecule has 3 N–H and O–H groups in total. The predicted molar refractivity (Wildman–Crippen MR) is 97.9 cm³/mol. The maximum absolute atomic E-state index is 12.1. The zero-order valence-corrected chi connectivity index (χ0v) is 15.4. The normalized spacial score (nSPS) is 10.8. The van der Waals surface area contributed by atoms with Crippen molar-refractivity contribution in [3.8, 4) is 6.07 Å². The second kappa shape index (κ2) is 7.31. The van der Waals surface area contributed by atoms with E-state index in [1.165, 1.54) is 18.0 Å². The van der Waals surface area contributed by atoms with Gasteiger partial charge in [-0.15, -0.1) is 11.3 Å². The Morgan fingerprint density at radius 3 is 3.12 bits per heavy atom. The monoisotopic (exact) mass is 393 g/mol. The van der Waals surface area contributed by atoms with Crippen LogP contribution in [0, 0.1) is 11.3 Å². The van der Waals surface area contributed by atoms with Gasteiger partial charge in [-0.2, -0.15) is 5.26 Å². The molecule has 128 valence electrons. The Hall–Kier alpha value is -2.28. The van der Waals surface area contributed by atoms with Crippen molar-refractivity contribution in [2.45, 2.75) is 17.8 Å². The van der Waals surface area contributed by atoms with Crippen molar-refractivity contribution in [1.82, 2.24) is 15.0 Å². The third kappa shape index (κ3) is 3.56. The lowest BCUT2D eigenvalue weighted by Crippen LogP contribution is -2.05. The fourth-order valence-corrected chi connectivity index (χ4v) is 4.25. The Kier molecular flexibility index (Phi) is 5.13. The maximum Gasteiger partial charge on any atom is 0.348 e. The number of nitriles is 1. The molecule has 0 radical (unpaired) electrons. The molecule has 3 heterocycles. The van der Waals surface area contributed by atoms with Gasteiger partial charge in [-0.05, 0) is 13.0 Å². The maximum atomic E-state index is 12.1. The minimum Gasteiger partial charge on any atom is -0.462 e. The first kappa shape index (κ1) is 17.5. The molecule has 7 nitrogen and oxygen atoms in total. The molecule has 0 fully saturated rings. The van der Waals surface area contributed by atoms with Crippen molar-refractivity contribution in [3.05, 3.63) is 33.3 Å². The number of nitrogens with one attached hydrogen (secondary N) is 1. The van der Waals surface area contributed by atoms with Crippen molar-refractivity contribution in [1.29, 1.82) is 5.26 Å². The number of pyridine rings is 1. The molecule has 3 rings (SSSR count). The standard InChI is InChI=1S/C15H12ClN5O2S2/c1-2-23-14(22)11-9(8(4-17)12(18)25-11)6-24-15-20-10-3-7(16)5-19-13(10)21-15/h3,5H,2,6,18H2,1H3,(H,19,20,21). The molecule has 3 aromatic rings. The number of halogens is 1. The number of H-pyrrole nitrogens is 1. The van der Waals surface area contributed by atoms with E-state index >= 15 is 0 Å². The number of carbonyl (C=O) groups is 1. The molecule has 0 aromatic carbocycles. The average Bonchev–Trinajstić information content (AvgIpc) is 3.12. The summed E-state index contributed by atoms with van der Waals surface area (Å²) in [7, 11) is 0. The largest absolute Gasteiger partial charge is 0.462 e. The number of nitrogens with two attached hydrogens (primary N) is 1. The minimum absolute atomic E-state index is 0.251. The average molecular weight is 394 g/mol. The molecule has 25 heavy (non-hydrogen) atoms. The van der Waals surface area contributed by atoms with Gasteiger partial charge in [-0.3, -0.25) is 0 Å². The number of nitrogens with zero attached hydrogens (tertiary/aromatic N) is 3. The molecule has 0 unspecified atom stereocenters. The highest BCUT2D eigenvalue weighted by Crippen LogP contribution is 2.35. The number of hydrogen-bond acceptors (Lipinski definition) is 8. The first-order valence-corrected chi connectivity index (χ1v) is 9.33. The van der Waals surface area contributed by atoms with E-state index in [0.717, 1.165) is 11.3 Å². The van der Waals surface area contributed by atoms with Crippen LogP contribution in [0.15, 0.2) is 17.4 Å². The molecule has 0 aliphatic heterocycles. The summed E-state index contributed by atoms with van der Waals surface area (Å²) in [6, 6.07) is 3.79. The van der Waals surface area contributed by atoms with Crippen LogP contribution < -0.4 is 5.73 Å². The Labute approximate surface area is 156 Å². The second-order valence-corrected chi connectivity index (χ2v) is 7.29. The Bertz CT molecular complexity index is 992. The zero-order valence-electron chi connectivity index (χ0n) is 13.0. The summed E-state index contributed by atoms with van der Waals surface area (Å²) >= 11 is 8.31. The number of hydrogen-bond donors (Lipinski definition) is 2. The second-order valence-electron chi connectivity index (χ2n) is 4.84. The number of carbonyl (C=O) groups excluding carboxylic acids is 1. The number of ether oxygens (including phenoxy) is 1. The van der Waals surface area contributed by atoms with E-state index < -0.39 is 5.97 Å². The number of imidazole rings is 1. The van der Waals surface area contributed by atoms with E-state index in [0.29, 0.717) is 48.1 Å². The SMILES string of the molecule is CCOC(=O)c1sc(N)c(C#N)c1CSc1nc2ncc(Cl)cc2[nH]1. The van der Waals surface area contributed by atoms with Gasteiger partial charge in [0, 0.05) is 17.5 Å². The smallest absolute Gasteiger partial charge is 0.348 e. The molecule has 0 spiro atoms. The van der Waals surface area contributed by atoms with Gasteiger partial charge in [0.25, 0.3) is 0 Å². The predicted octanol–water partition coefficient (Wildman–Crippen LogP) is 3.60. The van der Waals surface area contributed by atoms with E-state index in [4.69, 9.17) is 22.1 Å². The van der Waals surface area contributed by atoms with Crippen LogP contribution in [0.5, 0.6) is 0 Å². The molecular weight excluding hydrogens is 382 g/mol. The summed E-state index contributed by atoms with van der Waals surface area (Å²) in [6.45, 7) is 1.97. The molecule has 0 aliphatic rings. The van der Waals surface area contributed by atoms with Crippen LogP contribution in [0.1, 0.15) is 27.7 Å². The first-order valence-electron chi connectivity index (χ1n) is 7.15. The highest BCUT2D eigenvalue weighted by Gasteiger charge is 2.23. The molecular formula is C15H12ClN5O2S2. The summed E-state index contributed by atoms with van der Waals surface area (Å²) in [5.74, 6) is -0.132. The quantitative estimate of drug-likeness (QED) is 0.502. The summed E-state index contributed by atoms with van der Waals surface area (Å²) < 4.78 is 5.04. The van der Waals surface area contributed by atoms with Crippen LogP contribution in [0.2, 0.25) is 5.02 Å². The molecule has 3 aromatic heterocycles. The van der Waals surface area contributed by atoms with Gasteiger partial charge in [0.1, 0.15) is 15.9 Å². The van der Waals surface area contributed by atoms with Crippen molar-refractivity contribution in [3.63, 3.8) is 0 Å². The first-order chi connectivity index (χ1) is 12.0. The van der Waals surface area contributed by atoms with Gasteiger partial charge in [-0.25, -0.2) is 14.8 Å². The number of aromatic amines is 1. The number of nitrogen functional groups attached to an aromatic ring is 1. The van der Waals surface area contributed by atoms with Crippen molar-refractivity contribution >= 4 is 56.8 Å². The lowest BCUT2D eigenvalue weighted by Gasteiger charge is -2.03. The number of esters is 1. The van der Waals surface area contributed by atoms with Gasteiger partial charge >= 0.3 is 5.97 Å². The molecule has 0 amide bonds. The minimum atomic E-state index is -0.477. The molecule has 0 saturated heterocycles.